The Morgan fingerprint density at radius 2 is 2.03 bits per heavy atom. The van der Waals surface area contributed by atoms with E-state index in [9.17, 15) is 4.79 Å². The number of aromatic amines is 1. The summed E-state index contributed by atoms with van der Waals surface area (Å²) in [5.41, 5.74) is 6.26. The Labute approximate surface area is 216 Å². The molecular formula is C32H38N2O2. The van der Waals surface area contributed by atoms with Crippen LogP contribution in [0.3, 0.4) is 0 Å². The maximum Gasteiger partial charge on any atom is 0.249 e. The number of allylic oxidation sites excluding steroid dienone is 6. The summed E-state index contributed by atoms with van der Waals surface area (Å²) in [7, 11) is 0. The lowest BCUT2D eigenvalue weighted by Crippen LogP contribution is -2.28. The van der Waals surface area contributed by atoms with E-state index in [2.05, 4.69) is 79.9 Å². The number of fused-ring (bicyclic) bond motifs is 3. The fraction of sp³-hybridized carbons (Fsp3) is 0.219. The molecule has 2 aromatic carbocycles. The van der Waals surface area contributed by atoms with E-state index in [0.29, 0.717) is 13.2 Å². The van der Waals surface area contributed by atoms with Crippen LogP contribution in [0.5, 0.6) is 0 Å². The van der Waals surface area contributed by atoms with Crippen LogP contribution in [-0.2, 0) is 16.8 Å². The van der Waals surface area contributed by atoms with Crippen LogP contribution < -0.4 is 10.9 Å². The topological polar surface area (TPSA) is 54.1 Å². The minimum Gasteiger partial charge on any atom is -0.391 e. The van der Waals surface area contributed by atoms with Gasteiger partial charge in [-0.2, -0.15) is 0 Å². The van der Waals surface area contributed by atoms with Crippen LogP contribution in [0.15, 0.2) is 109 Å². The van der Waals surface area contributed by atoms with Gasteiger partial charge in [0.1, 0.15) is 0 Å². The largest absolute Gasteiger partial charge is 0.391 e. The van der Waals surface area contributed by atoms with Crippen molar-refractivity contribution in [1.29, 1.82) is 0 Å². The van der Waals surface area contributed by atoms with Crippen LogP contribution in [0.25, 0.3) is 16.5 Å². The van der Waals surface area contributed by atoms with Gasteiger partial charge < -0.3 is 15.0 Å². The minimum atomic E-state index is -0.576. The number of ether oxygens (including phenoxy) is 1. The molecule has 0 saturated carbocycles. The number of nitrogens with one attached hydrogen (secondary N) is 2. The first kappa shape index (κ1) is 25.2. The Hall–Kier alpha value is -3.89. The second kappa shape index (κ2) is 11.2. The molecule has 4 rings (SSSR count). The van der Waals surface area contributed by atoms with Crippen LogP contribution >= 0.6 is 0 Å². The minimum absolute atomic E-state index is 0. The summed E-state index contributed by atoms with van der Waals surface area (Å²) in [5.74, 6) is 0. The summed E-state index contributed by atoms with van der Waals surface area (Å²) in [5, 5.41) is 4.41. The van der Waals surface area contributed by atoms with Crippen molar-refractivity contribution in [2.45, 2.75) is 32.3 Å². The number of aromatic nitrogens is 1. The highest BCUT2D eigenvalue weighted by Crippen LogP contribution is 2.42. The van der Waals surface area contributed by atoms with E-state index in [4.69, 9.17) is 4.74 Å². The molecular weight excluding hydrogens is 444 g/mol. The summed E-state index contributed by atoms with van der Waals surface area (Å²) in [6.07, 6.45) is 12.8. The highest BCUT2D eigenvalue weighted by atomic mass is 16.5. The predicted molar refractivity (Wildman–Crippen MR) is 155 cm³/mol. The fourth-order valence-corrected chi connectivity index (χ4v) is 4.91. The summed E-state index contributed by atoms with van der Waals surface area (Å²) >= 11 is 0. The quantitative estimate of drug-likeness (QED) is 0.215. The Morgan fingerprint density at radius 3 is 2.81 bits per heavy atom. The van der Waals surface area contributed by atoms with Crippen LogP contribution in [0.1, 0.15) is 45.4 Å². The summed E-state index contributed by atoms with van der Waals surface area (Å²) in [6.45, 7) is 14.2. The smallest absolute Gasteiger partial charge is 0.249 e. The molecule has 0 fully saturated rings. The van der Waals surface area contributed by atoms with Crippen molar-refractivity contribution < 1.29 is 7.59 Å². The fourth-order valence-electron chi connectivity index (χ4n) is 4.91. The lowest BCUT2D eigenvalue weighted by molar-refractivity contribution is 0.149. The van der Waals surface area contributed by atoms with Crippen LogP contribution in [0.2, 0.25) is 0 Å². The van der Waals surface area contributed by atoms with Crippen molar-refractivity contribution >= 4 is 16.5 Å². The number of hydrogen-bond donors (Lipinski definition) is 2. The molecule has 4 bridgehead atoms. The van der Waals surface area contributed by atoms with Gasteiger partial charge in [-0.3, -0.25) is 4.79 Å². The Kier molecular flexibility index (Phi) is 7.87. The molecule has 0 aliphatic carbocycles. The lowest BCUT2D eigenvalue weighted by atomic mass is 9.69. The Morgan fingerprint density at radius 1 is 1.19 bits per heavy atom. The first-order valence-electron chi connectivity index (χ1n) is 12.4. The van der Waals surface area contributed by atoms with Crippen molar-refractivity contribution in [3.05, 3.63) is 136 Å². The van der Waals surface area contributed by atoms with Crippen LogP contribution in [0.4, 0.5) is 0 Å². The van der Waals surface area contributed by atoms with E-state index in [-0.39, 0.29) is 8.41 Å². The van der Waals surface area contributed by atoms with E-state index >= 15 is 0 Å². The van der Waals surface area contributed by atoms with E-state index < -0.39 is 5.41 Å². The standard InChI is InChI=1S/C32H34N2O2.2H2/c1-5-8-11-25-15-17-36-22-24-10-9-12-26(18-24)32(7-3,23(4)21-33-16-6-2)27-13-14-30-29(19-27)28(25)20-31(35)34-30;;/h5,7-15,18-21,33H,1,3,6,16-17,22H2,2,4H3,(H,34,35);2*1H/b11-8-,23-21+,25-15+;;. The molecule has 36 heavy (non-hydrogen) atoms. The molecule has 2 N–H and O–H groups in total. The molecule has 1 unspecified atom stereocenters. The average Bonchev–Trinajstić information content (AvgIpc) is 2.89. The average molecular weight is 483 g/mol. The molecule has 0 amide bonds. The van der Waals surface area contributed by atoms with Gasteiger partial charge in [0.15, 0.2) is 0 Å². The number of H-pyrrole nitrogens is 1. The van der Waals surface area contributed by atoms with Crippen molar-refractivity contribution in [2.75, 3.05) is 13.2 Å². The first-order valence-corrected chi connectivity index (χ1v) is 12.4. The molecule has 4 nitrogen and oxygen atoms in total. The SMILES string of the molecule is C=C/C=C\C1=C/COCc2cccc(c2)C(C=C)(/C(C)=C/NCCC)c2ccc3[nH]c(=O)cc1c3c2.[HH].[HH]. The lowest BCUT2D eigenvalue weighted by Gasteiger charge is -2.34. The number of benzene rings is 2. The second-order valence-electron chi connectivity index (χ2n) is 9.07. The van der Waals surface area contributed by atoms with Gasteiger partial charge in [-0.1, -0.05) is 74.2 Å². The normalized spacial score (nSPS) is 19.7. The molecule has 2 heterocycles. The first-order chi connectivity index (χ1) is 17.5. The molecule has 4 heteroatoms. The van der Waals surface area contributed by atoms with Crippen LogP contribution in [-0.4, -0.2) is 18.1 Å². The Balaban J connectivity index is 0.00000253. The van der Waals surface area contributed by atoms with Gasteiger partial charge in [0.25, 0.3) is 0 Å². The van der Waals surface area contributed by atoms with Gasteiger partial charge in [0.05, 0.1) is 18.6 Å². The van der Waals surface area contributed by atoms with Gasteiger partial charge in [0, 0.05) is 26.4 Å². The summed E-state index contributed by atoms with van der Waals surface area (Å²) in [6, 6.07) is 16.4. The van der Waals surface area contributed by atoms with Crippen molar-refractivity contribution in [3.63, 3.8) is 0 Å². The zero-order chi connectivity index (χ0) is 25.5. The van der Waals surface area contributed by atoms with Crippen molar-refractivity contribution in [2.24, 2.45) is 0 Å². The molecule has 3 aromatic rings. The highest BCUT2D eigenvalue weighted by molar-refractivity contribution is 5.94. The number of rotatable bonds is 7. The predicted octanol–water partition coefficient (Wildman–Crippen LogP) is 7.05. The van der Waals surface area contributed by atoms with Gasteiger partial charge in [-0.25, -0.2) is 0 Å². The molecule has 188 valence electrons. The van der Waals surface area contributed by atoms with E-state index in [0.717, 1.165) is 57.3 Å². The number of hydrogen-bond acceptors (Lipinski definition) is 3. The number of pyridine rings is 1. The zero-order valence-electron chi connectivity index (χ0n) is 21.1. The third-order valence-corrected chi connectivity index (χ3v) is 6.73. The summed E-state index contributed by atoms with van der Waals surface area (Å²) < 4.78 is 6.05. The Bertz CT molecular complexity index is 1430. The van der Waals surface area contributed by atoms with Crippen LogP contribution in [0, 0.1) is 0 Å². The van der Waals surface area contributed by atoms with Crippen molar-refractivity contribution in [1.82, 2.24) is 10.3 Å². The molecule has 0 spiro atoms. The van der Waals surface area contributed by atoms with Gasteiger partial charge in [-0.05, 0) is 65.1 Å². The maximum absolute atomic E-state index is 12.6. The van der Waals surface area contributed by atoms with Crippen molar-refractivity contribution in [3.8, 4) is 0 Å². The third-order valence-electron chi connectivity index (χ3n) is 6.73. The van der Waals surface area contributed by atoms with E-state index in [1.165, 1.54) is 0 Å². The highest BCUT2D eigenvalue weighted by Gasteiger charge is 2.34. The zero-order valence-corrected chi connectivity index (χ0v) is 21.1. The van der Waals surface area contributed by atoms with Gasteiger partial charge >= 0.3 is 0 Å². The third kappa shape index (κ3) is 4.91. The molecule has 0 saturated heterocycles. The van der Waals surface area contributed by atoms with Gasteiger partial charge in [0.2, 0.25) is 5.56 Å². The van der Waals surface area contributed by atoms with E-state index in [1.54, 1.807) is 12.1 Å². The van der Waals surface area contributed by atoms with E-state index in [1.807, 2.05) is 30.4 Å². The second-order valence-corrected chi connectivity index (χ2v) is 9.07. The monoisotopic (exact) mass is 482 g/mol. The van der Waals surface area contributed by atoms with Gasteiger partial charge in [-0.15, -0.1) is 6.58 Å². The summed E-state index contributed by atoms with van der Waals surface area (Å²) in [4.78, 5) is 15.6. The maximum atomic E-state index is 12.6. The molecule has 0 radical (unpaired) electrons. The molecule has 1 atom stereocenters. The molecule has 1 aliphatic rings. The molecule has 1 aliphatic heterocycles. The molecule has 1 aromatic heterocycles.